The topological polar surface area (TPSA) is 71.5 Å². The van der Waals surface area contributed by atoms with E-state index in [9.17, 15) is 18.0 Å². The number of sulfone groups is 1. The summed E-state index contributed by atoms with van der Waals surface area (Å²) in [6.07, 6.45) is 0.630. The van der Waals surface area contributed by atoms with Crippen molar-refractivity contribution in [2.45, 2.75) is 31.6 Å². The molecule has 1 aliphatic rings. The van der Waals surface area contributed by atoms with E-state index in [-0.39, 0.29) is 10.7 Å². The average molecular weight is 309 g/mol. The van der Waals surface area contributed by atoms with E-state index in [1.807, 2.05) is 6.92 Å². The highest BCUT2D eigenvalue weighted by Crippen LogP contribution is 2.19. The maximum Gasteiger partial charge on any atom is 0.238 e. The minimum absolute atomic E-state index is 0.122. The molecule has 1 aliphatic heterocycles. The Morgan fingerprint density at radius 2 is 1.81 bits per heavy atom. The Hall–Kier alpha value is -1.69. The van der Waals surface area contributed by atoms with E-state index in [1.165, 1.54) is 4.90 Å². The zero-order valence-electron chi connectivity index (χ0n) is 12.3. The number of hydrogen-bond donors (Lipinski definition) is 0. The summed E-state index contributed by atoms with van der Waals surface area (Å²) in [7, 11) is -3.65. The van der Waals surface area contributed by atoms with Gasteiger partial charge in [-0.05, 0) is 25.5 Å². The van der Waals surface area contributed by atoms with Crippen molar-refractivity contribution >= 4 is 21.5 Å². The molecule has 0 saturated carbocycles. The molecule has 0 spiro atoms. The van der Waals surface area contributed by atoms with Gasteiger partial charge in [0.2, 0.25) is 5.91 Å². The SMILES string of the molecule is Cc1ccc(S(=O)(=O)CC(=O)N2CCC(=O)CC2)c(C)c1. The summed E-state index contributed by atoms with van der Waals surface area (Å²) in [4.78, 5) is 24.9. The Balaban J connectivity index is 2.13. The van der Waals surface area contributed by atoms with E-state index in [1.54, 1.807) is 25.1 Å². The van der Waals surface area contributed by atoms with Gasteiger partial charge in [0.15, 0.2) is 9.84 Å². The van der Waals surface area contributed by atoms with Crippen LogP contribution in [0.3, 0.4) is 0 Å². The molecule has 1 amide bonds. The number of hydrogen-bond acceptors (Lipinski definition) is 4. The molecule has 1 saturated heterocycles. The number of likely N-dealkylation sites (tertiary alicyclic amines) is 1. The lowest BCUT2D eigenvalue weighted by Gasteiger charge is -2.26. The van der Waals surface area contributed by atoms with Crippen LogP contribution in [0.5, 0.6) is 0 Å². The van der Waals surface area contributed by atoms with Gasteiger partial charge in [0, 0.05) is 25.9 Å². The fourth-order valence-electron chi connectivity index (χ4n) is 2.49. The first-order chi connectivity index (χ1) is 9.79. The van der Waals surface area contributed by atoms with Gasteiger partial charge in [-0.3, -0.25) is 9.59 Å². The molecule has 0 atom stereocenters. The number of ketones is 1. The van der Waals surface area contributed by atoms with Crippen LogP contribution in [-0.4, -0.2) is 43.9 Å². The number of Topliss-reactive ketones (excluding diaryl/α,β-unsaturated/α-hetero) is 1. The quantitative estimate of drug-likeness (QED) is 0.843. The molecule has 1 aromatic carbocycles. The molecule has 0 radical (unpaired) electrons. The third kappa shape index (κ3) is 3.69. The molecule has 1 aromatic rings. The lowest BCUT2D eigenvalue weighted by molar-refractivity contribution is -0.132. The second kappa shape index (κ2) is 5.97. The standard InChI is InChI=1S/C15H19NO4S/c1-11-3-4-14(12(2)9-11)21(19,20)10-15(18)16-7-5-13(17)6-8-16/h3-4,9H,5-8,10H2,1-2H3. The number of piperidine rings is 1. The van der Waals surface area contributed by atoms with Crippen LogP contribution in [0, 0.1) is 13.8 Å². The highest BCUT2D eigenvalue weighted by atomic mass is 32.2. The third-order valence-electron chi connectivity index (χ3n) is 3.65. The highest BCUT2D eigenvalue weighted by Gasteiger charge is 2.27. The largest absolute Gasteiger partial charge is 0.341 e. The third-order valence-corrected chi connectivity index (χ3v) is 5.41. The molecule has 21 heavy (non-hydrogen) atoms. The van der Waals surface area contributed by atoms with E-state index < -0.39 is 21.5 Å². The number of rotatable bonds is 3. The number of aryl methyl sites for hydroxylation is 2. The van der Waals surface area contributed by atoms with Crippen molar-refractivity contribution in [1.29, 1.82) is 0 Å². The van der Waals surface area contributed by atoms with Crippen molar-refractivity contribution in [2.24, 2.45) is 0 Å². The van der Waals surface area contributed by atoms with Crippen molar-refractivity contribution in [3.8, 4) is 0 Å². The van der Waals surface area contributed by atoms with Crippen molar-refractivity contribution in [3.05, 3.63) is 29.3 Å². The molecular weight excluding hydrogens is 290 g/mol. The van der Waals surface area contributed by atoms with Crippen LogP contribution in [0.4, 0.5) is 0 Å². The number of nitrogens with zero attached hydrogens (tertiary/aromatic N) is 1. The molecule has 0 aromatic heterocycles. The smallest absolute Gasteiger partial charge is 0.238 e. The lowest BCUT2D eigenvalue weighted by Crippen LogP contribution is -2.41. The minimum Gasteiger partial charge on any atom is -0.341 e. The van der Waals surface area contributed by atoms with E-state index in [2.05, 4.69) is 0 Å². The summed E-state index contributed by atoms with van der Waals surface area (Å²) < 4.78 is 24.7. The van der Waals surface area contributed by atoms with Gasteiger partial charge >= 0.3 is 0 Å². The molecule has 2 rings (SSSR count). The van der Waals surface area contributed by atoms with Crippen molar-refractivity contribution in [3.63, 3.8) is 0 Å². The average Bonchev–Trinajstić information content (AvgIpc) is 2.38. The van der Waals surface area contributed by atoms with Crippen LogP contribution >= 0.6 is 0 Å². The molecular formula is C15H19NO4S. The van der Waals surface area contributed by atoms with Crippen LogP contribution in [-0.2, 0) is 19.4 Å². The van der Waals surface area contributed by atoms with Gasteiger partial charge in [-0.2, -0.15) is 0 Å². The van der Waals surface area contributed by atoms with Gasteiger partial charge in [0.25, 0.3) is 0 Å². The molecule has 5 nitrogen and oxygen atoms in total. The molecule has 1 fully saturated rings. The van der Waals surface area contributed by atoms with E-state index in [0.717, 1.165) is 5.56 Å². The Labute approximate surface area is 124 Å². The Morgan fingerprint density at radius 1 is 1.19 bits per heavy atom. The van der Waals surface area contributed by atoms with E-state index >= 15 is 0 Å². The normalized spacial score (nSPS) is 16.1. The Kier molecular flexibility index (Phi) is 4.46. The van der Waals surface area contributed by atoms with Gasteiger partial charge in [-0.15, -0.1) is 0 Å². The molecule has 6 heteroatoms. The Bertz CT molecular complexity index is 669. The predicted octanol–water partition coefficient (Wildman–Crippen LogP) is 1.27. The van der Waals surface area contributed by atoms with Gasteiger partial charge in [0.1, 0.15) is 11.5 Å². The number of benzene rings is 1. The van der Waals surface area contributed by atoms with Crippen molar-refractivity contribution in [1.82, 2.24) is 4.90 Å². The van der Waals surface area contributed by atoms with Gasteiger partial charge < -0.3 is 4.90 Å². The molecule has 0 N–H and O–H groups in total. The van der Waals surface area contributed by atoms with Crippen LogP contribution in [0.25, 0.3) is 0 Å². The van der Waals surface area contributed by atoms with E-state index in [0.29, 0.717) is 31.5 Å². The summed E-state index contributed by atoms with van der Waals surface area (Å²) in [6, 6.07) is 5.06. The fourth-order valence-corrected chi connectivity index (χ4v) is 3.97. The fraction of sp³-hybridized carbons (Fsp3) is 0.467. The predicted molar refractivity (Wildman–Crippen MR) is 78.8 cm³/mol. The van der Waals surface area contributed by atoms with Crippen LogP contribution < -0.4 is 0 Å². The van der Waals surface area contributed by atoms with Crippen LogP contribution in [0.2, 0.25) is 0 Å². The van der Waals surface area contributed by atoms with E-state index in [4.69, 9.17) is 0 Å². The molecule has 1 heterocycles. The van der Waals surface area contributed by atoms with Crippen molar-refractivity contribution in [2.75, 3.05) is 18.8 Å². The monoisotopic (exact) mass is 309 g/mol. The molecule has 0 unspecified atom stereocenters. The maximum absolute atomic E-state index is 12.4. The second-order valence-electron chi connectivity index (χ2n) is 5.45. The van der Waals surface area contributed by atoms with Crippen LogP contribution in [0.1, 0.15) is 24.0 Å². The van der Waals surface area contributed by atoms with Crippen LogP contribution in [0.15, 0.2) is 23.1 Å². The summed E-state index contributed by atoms with van der Waals surface area (Å²) in [5, 5.41) is 0. The summed E-state index contributed by atoms with van der Waals surface area (Å²) in [5.74, 6) is -0.843. The molecule has 114 valence electrons. The minimum atomic E-state index is -3.65. The zero-order chi connectivity index (χ0) is 15.6. The number of amides is 1. The molecule has 0 bridgehead atoms. The summed E-state index contributed by atoms with van der Waals surface area (Å²) >= 11 is 0. The zero-order valence-corrected chi connectivity index (χ0v) is 13.1. The summed E-state index contributed by atoms with van der Waals surface area (Å²) in [5.41, 5.74) is 1.63. The lowest BCUT2D eigenvalue weighted by atomic mass is 10.1. The first-order valence-corrected chi connectivity index (χ1v) is 8.54. The number of carbonyl (C=O) groups excluding carboxylic acids is 2. The highest BCUT2D eigenvalue weighted by molar-refractivity contribution is 7.92. The Morgan fingerprint density at radius 3 is 2.38 bits per heavy atom. The second-order valence-corrected chi connectivity index (χ2v) is 7.41. The first-order valence-electron chi connectivity index (χ1n) is 6.89. The maximum atomic E-state index is 12.4. The summed E-state index contributed by atoms with van der Waals surface area (Å²) in [6.45, 7) is 4.25. The molecule has 0 aliphatic carbocycles. The van der Waals surface area contributed by atoms with Gasteiger partial charge in [0.05, 0.1) is 4.90 Å². The van der Waals surface area contributed by atoms with Crippen molar-refractivity contribution < 1.29 is 18.0 Å². The first kappa shape index (κ1) is 15.7. The number of carbonyl (C=O) groups is 2. The van der Waals surface area contributed by atoms with Gasteiger partial charge in [-0.25, -0.2) is 8.42 Å². The van der Waals surface area contributed by atoms with Gasteiger partial charge in [-0.1, -0.05) is 17.7 Å².